The minimum atomic E-state index is -0.602. The molecule has 0 aliphatic carbocycles. The molecule has 6 nitrogen and oxygen atoms in total. The molecule has 4 aromatic rings. The summed E-state index contributed by atoms with van der Waals surface area (Å²) < 4.78 is 11.5. The Bertz CT molecular complexity index is 1200. The fourth-order valence-corrected chi connectivity index (χ4v) is 3.51. The van der Waals surface area contributed by atoms with Gasteiger partial charge < -0.3 is 14.2 Å². The highest BCUT2D eigenvalue weighted by molar-refractivity contribution is 5.89. The first kappa shape index (κ1) is 20.6. The second-order valence-electron chi connectivity index (χ2n) is 7.57. The van der Waals surface area contributed by atoms with E-state index in [0.717, 1.165) is 21.9 Å². The molecule has 0 N–H and O–H groups in total. The van der Waals surface area contributed by atoms with E-state index < -0.39 is 6.10 Å². The average molecular weight is 415 g/mol. The van der Waals surface area contributed by atoms with Gasteiger partial charge in [-0.2, -0.15) is 4.98 Å². The van der Waals surface area contributed by atoms with Crippen LogP contribution in [0.5, 0.6) is 5.75 Å². The number of fused-ring (bicyclic) bond motifs is 1. The molecular formula is C25H25N3O3. The molecule has 3 aromatic carbocycles. The summed E-state index contributed by atoms with van der Waals surface area (Å²) in [6.07, 6.45) is -0.0555. The molecule has 0 bridgehead atoms. The van der Waals surface area contributed by atoms with Gasteiger partial charge in [-0.3, -0.25) is 4.79 Å². The van der Waals surface area contributed by atoms with Gasteiger partial charge in [-0.25, -0.2) is 0 Å². The molecule has 6 heteroatoms. The van der Waals surface area contributed by atoms with Crippen molar-refractivity contribution >= 4 is 16.7 Å². The molecule has 0 fully saturated rings. The SMILES string of the molecule is CC[C@H](Oc1cccc2ccccc12)C(=O)N(C)Cc1nc(-c2cccc(C)c2)no1. The third-order valence-corrected chi connectivity index (χ3v) is 5.16. The lowest BCUT2D eigenvalue weighted by atomic mass is 10.1. The molecule has 31 heavy (non-hydrogen) atoms. The maximum absolute atomic E-state index is 13.1. The number of likely N-dealkylation sites (N-methyl/N-ethyl adjacent to an activating group) is 1. The second-order valence-corrected chi connectivity index (χ2v) is 7.57. The van der Waals surface area contributed by atoms with Crippen molar-refractivity contribution in [2.75, 3.05) is 7.05 Å². The van der Waals surface area contributed by atoms with Crippen molar-refractivity contribution in [3.8, 4) is 17.1 Å². The van der Waals surface area contributed by atoms with E-state index in [1.54, 1.807) is 11.9 Å². The molecule has 1 amide bonds. The third kappa shape index (κ3) is 4.58. The van der Waals surface area contributed by atoms with Crippen molar-refractivity contribution < 1.29 is 14.1 Å². The summed E-state index contributed by atoms with van der Waals surface area (Å²) in [5.74, 6) is 1.46. The average Bonchev–Trinajstić information content (AvgIpc) is 3.25. The Balaban J connectivity index is 1.46. The van der Waals surface area contributed by atoms with Crippen molar-refractivity contribution in [3.05, 3.63) is 78.2 Å². The summed E-state index contributed by atoms with van der Waals surface area (Å²) in [5.41, 5.74) is 2.00. The minimum Gasteiger partial charge on any atom is -0.480 e. The number of nitrogens with zero attached hydrogens (tertiary/aromatic N) is 3. The van der Waals surface area contributed by atoms with E-state index in [1.807, 2.05) is 80.6 Å². The van der Waals surface area contributed by atoms with Crippen LogP contribution in [0, 0.1) is 6.92 Å². The maximum Gasteiger partial charge on any atom is 0.263 e. The van der Waals surface area contributed by atoms with Crippen molar-refractivity contribution in [2.24, 2.45) is 0 Å². The number of hydrogen-bond acceptors (Lipinski definition) is 5. The monoisotopic (exact) mass is 415 g/mol. The van der Waals surface area contributed by atoms with Gasteiger partial charge in [0.1, 0.15) is 5.75 Å². The second kappa shape index (κ2) is 9.00. The van der Waals surface area contributed by atoms with Gasteiger partial charge in [0.05, 0.1) is 6.54 Å². The molecule has 1 aromatic heterocycles. The van der Waals surface area contributed by atoms with Crippen LogP contribution in [-0.2, 0) is 11.3 Å². The van der Waals surface area contributed by atoms with E-state index in [4.69, 9.17) is 9.26 Å². The van der Waals surface area contributed by atoms with Crippen LogP contribution in [0.2, 0.25) is 0 Å². The summed E-state index contributed by atoms with van der Waals surface area (Å²) in [7, 11) is 1.72. The standard InChI is InChI=1S/C25H25N3O3/c1-4-21(30-22-14-8-11-18-10-5-6-13-20(18)22)25(29)28(3)16-23-26-24(27-31-23)19-12-7-9-17(2)15-19/h5-15,21H,4,16H2,1-3H3/t21-/m0/s1. The third-order valence-electron chi connectivity index (χ3n) is 5.16. The largest absolute Gasteiger partial charge is 0.480 e. The van der Waals surface area contributed by atoms with E-state index in [-0.39, 0.29) is 12.5 Å². The van der Waals surface area contributed by atoms with Crippen LogP contribution in [0.3, 0.4) is 0 Å². The summed E-state index contributed by atoms with van der Waals surface area (Å²) in [4.78, 5) is 19.1. The van der Waals surface area contributed by atoms with Gasteiger partial charge in [0.2, 0.25) is 11.7 Å². The number of carbonyl (C=O) groups excluding carboxylic acids is 1. The zero-order chi connectivity index (χ0) is 21.8. The van der Waals surface area contributed by atoms with Crippen LogP contribution in [0.25, 0.3) is 22.2 Å². The van der Waals surface area contributed by atoms with Gasteiger partial charge in [-0.15, -0.1) is 0 Å². The lowest BCUT2D eigenvalue weighted by Gasteiger charge is -2.23. The lowest BCUT2D eigenvalue weighted by Crippen LogP contribution is -2.39. The molecule has 0 saturated carbocycles. The van der Waals surface area contributed by atoms with Crippen molar-refractivity contribution in [3.63, 3.8) is 0 Å². The molecule has 158 valence electrons. The Labute approximate surface area is 181 Å². The molecular weight excluding hydrogens is 390 g/mol. The smallest absolute Gasteiger partial charge is 0.263 e. The van der Waals surface area contributed by atoms with Gasteiger partial charge in [0, 0.05) is 18.0 Å². The quantitative estimate of drug-likeness (QED) is 0.424. The highest BCUT2D eigenvalue weighted by Gasteiger charge is 2.24. The zero-order valence-corrected chi connectivity index (χ0v) is 17.9. The zero-order valence-electron chi connectivity index (χ0n) is 17.9. The highest BCUT2D eigenvalue weighted by Crippen LogP contribution is 2.27. The Hall–Kier alpha value is -3.67. The predicted molar refractivity (Wildman–Crippen MR) is 120 cm³/mol. The molecule has 0 aliphatic heterocycles. The molecule has 0 radical (unpaired) electrons. The Morgan fingerprint density at radius 3 is 2.68 bits per heavy atom. The molecule has 0 saturated heterocycles. The van der Waals surface area contributed by atoms with Crippen LogP contribution < -0.4 is 4.74 Å². The number of aryl methyl sites for hydroxylation is 1. The van der Waals surface area contributed by atoms with Gasteiger partial charge in [-0.05, 0) is 30.9 Å². The first-order valence-electron chi connectivity index (χ1n) is 10.3. The van der Waals surface area contributed by atoms with Gasteiger partial charge in [-0.1, -0.05) is 72.2 Å². The van der Waals surface area contributed by atoms with Gasteiger partial charge >= 0.3 is 0 Å². The summed E-state index contributed by atoms with van der Waals surface area (Å²) in [6, 6.07) is 21.7. The first-order valence-corrected chi connectivity index (χ1v) is 10.3. The number of ether oxygens (including phenoxy) is 1. The van der Waals surface area contributed by atoms with Crippen LogP contribution in [-0.4, -0.2) is 34.1 Å². The summed E-state index contributed by atoms with van der Waals surface area (Å²) in [5, 5.41) is 6.11. The molecule has 1 atom stereocenters. The van der Waals surface area contributed by atoms with E-state index in [0.29, 0.717) is 23.9 Å². The van der Waals surface area contributed by atoms with E-state index in [2.05, 4.69) is 10.1 Å². The maximum atomic E-state index is 13.1. The highest BCUT2D eigenvalue weighted by atomic mass is 16.5. The molecule has 1 heterocycles. The summed E-state index contributed by atoms with van der Waals surface area (Å²) in [6.45, 7) is 4.16. The van der Waals surface area contributed by atoms with E-state index >= 15 is 0 Å². The number of hydrogen-bond donors (Lipinski definition) is 0. The normalized spacial score (nSPS) is 12.0. The van der Waals surface area contributed by atoms with E-state index in [1.165, 1.54) is 0 Å². The fraction of sp³-hybridized carbons (Fsp3) is 0.240. The first-order chi connectivity index (χ1) is 15.0. The molecule has 0 aliphatic rings. The Morgan fingerprint density at radius 2 is 1.87 bits per heavy atom. The molecule has 0 spiro atoms. The Kier molecular flexibility index (Phi) is 5.98. The number of amides is 1. The molecule has 4 rings (SSSR count). The Morgan fingerprint density at radius 1 is 1.10 bits per heavy atom. The lowest BCUT2D eigenvalue weighted by molar-refractivity contribution is -0.138. The van der Waals surface area contributed by atoms with Crippen molar-refractivity contribution in [2.45, 2.75) is 32.9 Å². The topological polar surface area (TPSA) is 68.5 Å². The summed E-state index contributed by atoms with van der Waals surface area (Å²) >= 11 is 0. The van der Waals surface area contributed by atoms with Crippen molar-refractivity contribution in [1.82, 2.24) is 15.0 Å². The number of benzene rings is 3. The minimum absolute atomic E-state index is 0.134. The predicted octanol–water partition coefficient (Wildman–Crippen LogP) is 5.01. The fourth-order valence-electron chi connectivity index (χ4n) is 3.51. The van der Waals surface area contributed by atoms with E-state index in [9.17, 15) is 4.79 Å². The number of carbonyl (C=O) groups is 1. The van der Waals surface area contributed by atoms with Gasteiger partial charge in [0.25, 0.3) is 5.91 Å². The molecule has 0 unspecified atom stereocenters. The van der Waals surface area contributed by atoms with Gasteiger partial charge in [0.15, 0.2) is 6.10 Å². The number of rotatable bonds is 7. The van der Waals surface area contributed by atoms with Crippen LogP contribution in [0.4, 0.5) is 0 Å². The number of aromatic nitrogens is 2. The van der Waals surface area contributed by atoms with Crippen molar-refractivity contribution in [1.29, 1.82) is 0 Å². The van der Waals surface area contributed by atoms with Crippen LogP contribution in [0.15, 0.2) is 71.3 Å². The van der Waals surface area contributed by atoms with Crippen LogP contribution in [0.1, 0.15) is 24.8 Å². The van der Waals surface area contributed by atoms with Crippen LogP contribution >= 0.6 is 0 Å².